The smallest absolute Gasteiger partial charge is 0.280 e. The quantitative estimate of drug-likeness (QED) is 0.594. The molecule has 1 heterocycles. The van der Waals surface area contributed by atoms with Gasteiger partial charge < -0.3 is 0 Å². The van der Waals surface area contributed by atoms with Crippen LogP contribution in [0, 0.1) is 0 Å². The van der Waals surface area contributed by atoms with Crippen LogP contribution in [0.4, 0.5) is 13.2 Å². The second kappa shape index (κ2) is 4.10. The molecule has 0 saturated heterocycles. The summed E-state index contributed by atoms with van der Waals surface area (Å²) < 4.78 is 40.8. The molecule has 1 aromatic heterocycles. The Morgan fingerprint density at radius 3 is 2.30 bits per heavy atom. The molecule has 5 heteroatoms. The Morgan fingerprint density at radius 1 is 1.00 bits per heavy atom. The van der Waals surface area contributed by atoms with E-state index in [1.807, 2.05) is 0 Å². The Morgan fingerprint density at radius 2 is 1.65 bits per heavy atom. The van der Waals surface area contributed by atoms with E-state index in [9.17, 15) is 18.0 Å². The van der Waals surface area contributed by atoms with Crippen molar-refractivity contribution < 1.29 is 18.0 Å². The number of halogens is 3. The minimum atomic E-state index is -4.45. The molecule has 0 bridgehead atoms. The summed E-state index contributed by atoms with van der Waals surface area (Å²) in [6.07, 6.45) is -4.45. The number of fused-ring (bicyclic) bond motifs is 3. The van der Waals surface area contributed by atoms with Crippen LogP contribution in [0.25, 0.3) is 21.8 Å². The topological polar surface area (TPSA) is 22.0 Å². The van der Waals surface area contributed by atoms with E-state index in [0.717, 1.165) is 6.07 Å². The van der Waals surface area contributed by atoms with Crippen LogP contribution in [-0.2, 0) is 6.18 Å². The molecule has 0 aliphatic rings. The number of alkyl halides is 3. The van der Waals surface area contributed by atoms with Crippen molar-refractivity contribution in [1.82, 2.24) is 4.57 Å². The summed E-state index contributed by atoms with van der Waals surface area (Å²) in [5.74, 6) is -0.310. The fourth-order valence-electron chi connectivity index (χ4n) is 2.59. The monoisotopic (exact) mass is 277 g/mol. The van der Waals surface area contributed by atoms with E-state index in [1.54, 1.807) is 24.3 Å². The lowest BCUT2D eigenvalue weighted by Gasteiger charge is -2.08. The lowest BCUT2D eigenvalue weighted by atomic mass is 10.1. The van der Waals surface area contributed by atoms with E-state index < -0.39 is 11.7 Å². The van der Waals surface area contributed by atoms with Crippen LogP contribution in [0.5, 0.6) is 0 Å². The van der Waals surface area contributed by atoms with Crippen molar-refractivity contribution >= 4 is 27.7 Å². The van der Waals surface area contributed by atoms with E-state index in [4.69, 9.17) is 0 Å². The van der Waals surface area contributed by atoms with E-state index in [1.165, 1.54) is 23.6 Å². The molecular formula is C15H10F3NO. The van der Waals surface area contributed by atoms with Gasteiger partial charge in [0.25, 0.3) is 0 Å². The SMILES string of the molecule is CC(=O)n1c2ccccc2c2c(C(F)(F)F)cccc21. The maximum Gasteiger partial charge on any atom is 0.417 e. The molecule has 0 aliphatic heterocycles. The second-order valence-corrected chi connectivity index (χ2v) is 4.57. The molecule has 0 N–H and O–H groups in total. The minimum absolute atomic E-state index is 0.0748. The van der Waals surface area contributed by atoms with Gasteiger partial charge in [0.1, 0.15) is 0 Å². The number of nitrogens with zero attached hydrogens (tertiary/aromatic N) is 1. The highest BCUT2D eigenvalue weighted by atomic mass is 19.4. The lowest BCUT2D eigenvalue weighted by molar-refractivity contribution is -0.136. The van der Waals surface area contributed by atoms with Crippen LogP contribution >= 0.6 is 0 Å². The molecule has 0 unspecified atom stereocenters. The average Bonchev–Trinajstić information content (AvgIpc) is 2.71. The van der Waals surface area contributed by atoms with Gasteiger partial charge in [0.05, 0.1) is 16.6 Å². The number of benzene rings is 2. The number of aromatic nitrogens is 1. The zero-order chi connectivity index (χ0) is 14.5. The molecule has 0 aliphatic carbocycles. The Balaban J connectivity index is 2.60. The van der Waals surface area contributed by atoms with Gasteiger partial charge in [0, 0.05) is 17.7 Å². The largest absolute Gasteiger partial charge is 0.417 e. The van der Waals surface area contributed by atoms with Gasteiger partial charge in [-0.1, -0.05) is 24.3 Å². The molecular weight excluding hydrogens is 267 g/mol. The van der Waals surface area contributed by atoms with Crippen LogP contribution in [0.3, 0.4) is 0 Å². The number of hydrogen-bond donors (Lipinski definition) is 0. The Hall–Kier alpha value is -2.30. The van der Waals surface area contributed by atoms with Gasteiger partial charge in [-0.25, -0.2) is 0 Å². The summed E-state index contributed by atoms with van der Waals surface area (Å²) in [4.78, 5) is 11.8. The van der Waals surface area contributed by atoms with Crippen molar-refractivity contribution in [2.24, 2.45) is 0 Å². The van der Waals surface area contributed by atoms with Crippen molar-refractivity contribution in [1.29, 1.82) is 0 Å². The molecule has 3 rings (SSSR count). The van der Waals surface area contributed by atoms with Crippen molar-refractivity contribution in [3.8, 4) is 0 Å². The van der Waals surface area contributed by atoms with Crippen molar-refractivity contribution in [3.63, 3.8) is 0 Å². The fourth-order valence-corrected chi connectivity index (χ4v) is 2.59. The summed E-state index contributed by atoms with van der Waals surface area (Å²) in [6.45, 7) is 1.34. The van der Waals surface area contributed by atoms with Crippen molar-refractivity contribution in [3.05, 3.63) is 48.0 Å². The van der Waals surface area contributed by atoms with E-state index in [0.29, 0.717) is 10.9 Å². The third kappa shape index (κ3) is 1.70. The van der Waals surface area contributed by atoms with Crippen molar-refractivity contribution in [2.45, 2.75) is 13.1 Å². The molecule has 0 spiro atoms. The van der Waals surface area contributed by atoms with Crippen molar-refractivity contribution in [2.75, 3.05) is 0 Å². The van der Waals surface area contributed by atoms with Gasteiger partial charge >= 0.3 is 6.18 Å². The maximum absolute atomic E-state index is 13.2. The fraction of sp³-hybridized carbons (Fsp3) is 0.133. The summed E-state index contributed by atoms with van der Waals surface area (Å²) >= 11 is 0. The average molecular weight is 277 g/mol. The highest BCUT2D eigenvalue weighted by Gasteiger charge is 2.34. The molecule has 2 nitrogen and oxygen atoms in total. The first-order valence-electron chi connectivity index (χ1n) is 6.01. The third-order valence-corrected chi connectivity index (χ3v) is 3.32. The lowest BCUT2D eigenvalue weighted by Crippen LogP contribution is -2.07. The molecule has 3 aromatic rings. The first-order chi connectivity index (χ1) is 9.41. The maximum atomic E-state index is 13.2. The molecule has 0 saturated carbocycles. The Labute approximate surface area is 112 Å². The molecule has 0 amide bonds. The number of hydrogen-bond acceptors (Lipinski definition) is 1. The van der Waals surface area contributed by atoms with E-state index >= 15 is 0 Å². The van der Waals surface area contributed by atoms with Gasteiger partial charge in [0.15, 0.2) is 0 Å². The predicted molar refractivity (Wildman–Crippen MR) is 70.7 cm³/mol. The molecule has 20 heavy (non-hydrogen) atoms. The first kappa shape index (κ1) is 12.7. The molecule has 2 aromatic carbocycles. The van der Waals surface area contributed by atoms with E-state index in [-0.39, 0.29) is 16.8 Å². The Kier molecular flexibility index (Phi) is 2.61. The second-order valence-electron chi connectivity index (χ2n) is 4.57. The standard InChI is InChI=1S/C15H10F3NO/c1-9(20)19-12-7-3-2-5-10(12)14-11(15(16,17)18)6-4-8-13(14)19/h2-8H,1H3. The van der Waals surface area contributed by atoms with Gasteiger partial charge in [0.2, 0.25) is 5.91 Å². The zero-order valence-electron chi connectivity index (χ0n) is 10.5. The minimum Gasteiger partial charge on any atom is -0.280 e. The van der Waals surface area contributed by atoms with Gasteiger partial charge in [-0.2, -0.15) is 13.2 Å². The van der Waals surface area contributed by atoms with Gasteiger partial charge in [-0.15, -0.1) is 0 Å². The van der Waals surface area contributed by atoms with Crippen LogP contribution < -0.4 is 0 Å². The normalized spacial score (nSPS) is 12.2. The molecule has 0 radical (unpaired) electrons. The number of rotatable bonds is 0. The van der Waals surface area contributed by atoms with Crippen LogP contribution in [-0.4, -0.2) is 10.5 Å². The molecule has 0 fully saturated rings. The summed E-state index contributed by atoms with van der Waals surface area (Å²) in [7, 11) is 0. The highest BCUT2D eigenvalue weighted by Crippen LogP contribution is 2.39. The van der Waals surface area contributed by atoms with Crippen LogP contribution in [0.2, 0.25) is 0 Å². The number of carbonyl (C=O) groups excluding carboxylic acids is 1. The Bertz CT molecular complexity index is 830. The zero-order valence-corrected chi connectivity index (χ0v) is 10.5. The summed E-state index contributed by atoms with van der Waals surface area (Å²) in [5, 5.41) is 0.511. The summed E-state index contributed by atoms with van der Waals surface area (Å²) in [5.41, 5.74) is 0.0615. The van der Waals surface area contributed by atoms with Gasteiger partial charge in [-0.05, 0) is 18.2 Å². The summed E-state index contributed by atoms with van der Waals surface area (Å²) in [6, 6.07) is 10.5. The van der Waals surface area contributed by atoms with E-state index in [2.05, 4.69) is 0 Å². The number of para-hydroxylation sites is 1. The molecule has 0 atom stereocenters. The molecule has 102 valence electrons. The predicted octanol–water partition coefficient (Wildman–Crippen LogP) is 4.47. The third-order valence-electron chi connectivity index (χ3n) is 3.32. The van der Waals surface area contributed by atoms with Gasteiger partial charge in [-0.3, -0.25) is 9.36 Å². The number of carbonyl (C=O) groups is 1. The first-order valence-corrected chi connectivity index (χ1v) is 6.01. The van der Waals surface area contributed by atoms with Crippen LogP contribution in [0.1, 0.15) is 17.3 Å². The highest BCUT2D eigenvalue weighted by molar-refractivity contribution is 6.14. The van der Waals surface area contributed by atoms with Crippen LogP contribution in [0.15, 0.2) is 42.5 Å².